The summed E-state index contributed by atoms with van der Waals surface area (Å²) in [6.07, 6.45) is 1.61. The van der Waals surface area contributed by atoms with Crippen molar-refractivity contribution in [2.24, 2.45) is 5.10 Å². The van der Waals surface area contributed by atoms with E-state index >= 15 is 0 Å². The standard InChI is InChI=1S/C18H15ClN2O3/c1-11-15(10-12-4-3-5-16(24-2)17(12)22)18(23)21(20-11)14-8-6-13(19)7-9-14/h3-10,22H,1-2H3/b15-10+. The highest BCUT2D eigenvalue weighted by Crippen LogP contribution is 2.32. The van der Waals surface area contributed by atoms with E-state index in [2.05, 4.69) is 5.10 Å². The molecule has 24 heavy (non-hydrogen) atoms. The highest BCUT2D eigenvalue weighted by molar-refractivity contribution is 6.32. The number of halogens is 1. The molecule has 2 aromatic rings. The molecule has 0 fully saturated rings. The van der Waals surface area contributed by atoms with Gasteiger partial charge in [0, 0.05) is 10.6 Å². The Morgan fingerprint density at radius 1 is 1.21 bits per heavy atom. The van der Waals surface area contributed by atoms with Crippen LogP contribution in [0.15, 0.2) is 53.1 Å². The minimum Gasteiger partial charge on any atom is -0.504 e. The second-order valence-corrected chi connectivity index (χ2v) is 5.67. The van der Waals surface area contributed by atoms with Gasteiger partial charge in [0.05, 0.1) is 24.1 Å². The Labute approximate surface area is 144 Å². The van der Waals surface area contributed by atoms with Crippen LogP contribution < -0.4 is 9.75 Å². The molecule has 2 aromatic carbocycles. The Morgan fingerprint density at radius 2 is 1.92 bits per heavy atom. The number of aromatic hydroxyl groups is 1. The molecule has 5 nitrogen and oxygen atoms in total. The minimum absolute atomic E-state index is 0.0157. The summed E-state index contributed by atoms with van der Waals surface area (Å²) in [5.74, 6) is 0.0639. The Morgan fingerprint density at radius 3 is 2.58 bits per heavy atom. The van der Waals surface area contributed by atoms with Gasteiger partial charge in [-0.1, -0.05) is 23.7 Å². The lowest BCUT2D eigenvalue weighted by Crippen LogP contribution is -2.21. The van der Waals surface area contributed by atoms with Crippen molar-refractivity contribution in [2.45, 2.75) is 6.92 Å². The summed E-state index contributed by atoms with van der Waals surface area (Å²) in [5, 5.41) is 16.4. The van der Waals surface area contributed by atoms with Crippen molar-refractivity contribution in [1.82, 2.24) is 0 Å². The van der Waals surface area contributed by atoms with E-state index in [0.29, 0.717) is 33.3 Å². The first-order chi connectivity index (χ1) is 11.5. The van der Waals surface area contributed by atoms with Gasteiger partial charge >= 0.3 is 0 Å². The van der Waals surface area contributed by atoms with E-state index in [-0.39, 0.29) is 11.7 Å². The number of hydrazone groups is 1. The number of anilines is 1. The number of nitrogens with zero attached hydrogens (tertiary/aromatic N) is 2. The van der Waals surface area contributed by atoms with Gasteiger partial charge in [-0.3, -0.25) is 4.79 Å². The summed E-state index contributed by atoms with van der Waals surface area (Å²) >= 11 is 5.88. The fourth-order valence-corrected chi connectivity index (χ4v) is 2.54. The normalized spacial score (nSPS) is 15.8. The van der Waals surface area contributed by atoms with Crippen LogP contribution in [0.2, 0.25) is 5.02 Å². The minimum atomic E-state index is -0.267. The fraction of sp³-hybridized carbons (Fsp3) is 0.111. The second kappa shape index (κ2) is 6.37. The summed E-state index contributed by atoms with van der Waals surface area (Å²) < 4.78 is 5.09. The van der Waals surface area contributed by atoms with Crippen molar-refractivity contribution in [3.63, 3.8) is 0 Å². The van der Waals surface area contributed by atoms with Gasteiger partial charge in [0.15, 0.2) is 11.5 Å². The first-order valence-corrected chi connectivity index (χ1v) is 7.62. The Bertz CT molecular complexity index is 857. The highest BCUT2D eigenvalue weighted by atomic mass is 35.5. The molecule has 0 saturated carbocycles. The summed E-state index contributed by atoms with van der Waals surface area (Å²) in [4.78, 5) is 12.7. The SMILES string of the molecule is COc1cccc(/C=C2/C(=O)N(c3ccc(Cl)cc3)N=C2C)c1O. The molecule has 0 spiro atoms. The van der Waals surface area contributed by atoms with Crippen molar-refractivity contribution >= 4 is 35.0 Å². The second-order valence-electron chi connectivity index (χ2n) is 5.23. The molecule has 1 heterocycles. The van der Waals surface area contributed by atoms with Crippen LogP contribution in [0, 0.1) is 0 Å². The maximum Gasteiger partial charge on any atom is 0.280 e. The zero-order valence-electron chi connectivity index (χ0n) is 13.2. The maximum atomic E-state index is 12.7. The number of methoxy groups -OCH3 is 1. The maximum absolute atomic E-state index is 12.7. The number of phenols is 1. The van der Waals surface area contributed by atoms with Crippen molar-refractivity contribution in [1.29, 1.82) is 0 Å². The van der Waals surface area contributed by atoms with Crippen LogP contribution in [0.3, 0.4) is 0 Å². The molecule has 0 atom stereocenters. The molecule has 0 bridgehead atoms. The molecule has 0 aromatic heterocycles. The summed E-state index contributed by atoms with van der Waals surface area (Å²) in [6, 6.07) is 11.9. The number of rotatable bonds is 3. The van der Waals surface area contributed by atoms with E-state index < -0.39 is 0 Å². The van der Waals surface area contributed by atoms with Gasteiger partial charge in [-0.25, -0.2) is 0 Å². The molecule has 3 rings (SSSR count). The number of ether oxygens (including phenoxy) is 1. The van der Waals surface area contributed by atoms with Crippen LogP contribution in [0.25, 0.3) is 6.08 Å². The van der Waals surface area contributed by atoms with Crippen molar-refractivity contribution < 1.29 is 14.6 Å². The Balaban J connectivity index is 1.97. The van der Waals surface area contributed by atoms with E-state index in [1.165, 1.54) is 12.1 Å². The molecule has 0 radical (unpaired) electrons. The predicted molar refractivity (Wildman–Crippen MR) is 94.7 cm³/mol. The Kier molecular flexibility index (Phi) is 4.27. The van der Waals surface area contributed by atoms with Crippen LogP contribution >= 0.6 is 11.6 Å². The van der Waals surface area contributed by atoms with Crippen molar-refractivity contribution in [3.05, 3.63) is 58.6 Å². The van der Waals surface area contributed by atoms with Crippen molar-refractivity contribution in [2.75, 3.05) is 12.1 Å². The first kappa shape index (κ1) is 16.1. The molecule has 1 amide bonds. The third kappa shape index (κ3) is 2.86. The molecule has 1 N–H and O–H groups in total. The van der Waals surface area contributed by atoms with Gasteiger partial charge in [-0.05, 0) is 43.3 Å². The van der Waals surface area contributed by atoms with Crippen LogP contribution in [0.4, 0.5) is 5.69 Å². The summed E-state index contributed by atoms with van der Waals surface area (Å²) in [5.41, 5.74) is 2.10. The summed E-state index contributed by atoms with van der Waals surface area (Å²) in [6.45, 7) is 1.75. The molecule has 0 unspecified atom stereocenters. The lowest BCUT2D eigenvalue weighted by molar-refractivity contribution is -0.114. The van der Waals surface area contributed by atoms with Gasteiger partial charge in [-0.2, -0.15) is 10.1 Å². The molecule has 122 valence electrons. The van der Waals surface area contributed by atoms with E-state index in [1.54, 1.807) is 55.5 Å². The third-order valence-electron chi connectivity index (χ3n) is 3.68. The molecule has 6 heteroatoms. The highest BCUT2D eigenvalue weighted by Gasteiger charge is 2.29. The van der Waals surface area contributed by atoms with E-state index in [1.807, 2.05) is 0 Å². The van der Waals surface area contributed by atoms with Gasteiger partial charge in [0.1, 0.15) is 0 Å². The van der Waals surface area contributed by atoms with Gasteiger partial charge in [-0.15, -0.1) is 0 Å². The zero-order valence-corrected chi connectivity index (χ0v) is 13.9. The molecule has 1 aliphatic heterocycles. The van der Waals surface area contributed by atoms with Gasteiger partial charge < -0.3 is 9.84 Å². The van der Waals surface area contributed by atoms with Gasteiger partial charge in [0.2, 0.25) is 0 Å². The average Bonchev–Trinajstić information content (AvgIpc) is 2.85. The number of amides is 1. The summed E-state index contributed by atoms with van der Waals surface area (Å²) in [7, 11) is 1.47. The Hall–Kier alpha value is -2.79. The van der Waals surface area contributed by atoms with Crippen LogP contribution in [0.5, 0.6) is 11.5 Å². The number of carbonyl (C=O) groups is 1. The van der Waals surface area contributed by atoms with Crippen LogP contribution in [-0.4, -0.2) is 23.8 Å². The fourth-order valence-electron chi connectivity index (χ4n) is 2.42. The smallest absolute Gasteiger partial charge is 0.280 e. The number of benzene rings is 2. The number of hydrogen-bond acceptors (Lipinski definition) is 4. The quantitative estimate of drug-likeness (QED) is 0.861. The van der Waals surface area contributed by atoms with Crippen molar-refractivity contribution in [3.8, 4) is 11.5 Å². The topological polar surface area (TPSA) is 62.1 Å². The zero-order chi connectivity index (χ0) is 17.3. The average molecular weight is 343 g/mol. The lowest BCUT2D eigenvalue weighted by Gasteiger charge is -2.11. The van der Waals surface area contributed by atoms with Gasteiger partial charge in [0.25, 0.3) is 5.91 Å². The van der Waals surface area contributed by atoms with E-state index in [4.69, 9.17) is 16.3 Å². The van der Waals surface area contributed by atoms with Crippen LogP contribution in [0.1, 0.15) is 12.5 Å². The number of carbonyl (C=O) groups excluding carboxylic acids is 1. The lowest BCUT2D eigenvalue weighted by atomic mass is 10.1. The monoisotopic (exact) mass is 342 g/mol. The molecular weight excluding hydrogens is 328 g/mol. The molecule has 0 aliphatic carbocycles. The third-order valence-corrected chi connectivity index (χ3v) is 3.94. The number of hydrogen-bond donors (Lipinski definition) is 1. The largest absolute Gasteiger partial charge is 0.504 e. The van der Waals surface area contributed by atoms with E-state index in [9.17, 15) is 9.90 Å². The molecular formula is C18H15ClN2O3. The van der Waals surface area contributed by atoms with E-state index in [0.717, 1.165) is 0 Å². The molecule has 0 saturated heterocycles. The first-order valence-electron chi connectivity index (χ1n) is 7.24. The number of para-hydroxylation sites is 1. The van der Waals surface area contributed by atoms with Crippen LogP contribution in [-0.2, 0) is 4.79 Å². The predicted octanol–water partition coefficient (Wildman–Crippen LogP) is 3.86. The molecule has 1 aliphatic rings. The number of phenolic OH excluding ortho intramolecular Hbond substituents is 1.